The van der Waals surface area contributed by atoms with Gasteiger partial charge in [-0.25, -0.2) is 0 Å². The van der Waals surface area contributed by atoms with Crippen LogP contribution < -0.4 is 5.73 Å². The molecule has 2 rings (SSSR count). The average molecular weight is 340 g/mol. The number of rotatable bonds is 5. The summed E-state index contributed by atoms with van der Waals surface area (Å²) in [6, 6.07) is 8.79. The first-order valence-corrected chi connectivity index (χ1v) is 8.24. The molecule has 0 spiro atoms. The monoisotopic (exact) mass is 339 g/mol. The van der Waals surface area contributed by atoms with Crippen LogP contribution in [0.2, 0.25) is 0 Å². The second-order valence-corrected chi connectivity index (χ2v) is 6.87. The van der Waals surface area contributed by atoms with Gasteiger partial charge in [-0.2, -0.15) is 0 Å². The van der Waals surface area contributed by atoms with E-state index in [1.807, 2.05) is 0 Å². The van der Waals surface area contributed by atoms with Gasteiger partial charge in [0.15, 0.2) is 0 Å². The van der Waals surface area contributed by atoms with Gasteiger partial charge in [0.25, 0.3) is 0 Å². The molecular weight excluding hydrogens is 314 g/mol. The van der Waals surface area contributed by atoms with Crippen molar-refractivity contribution in [1.82, 2.24) is 9.80 Å². The zero-order valence-electron chi connectivity index (χ0n) is 12.6. The summed E-state index contributed by atoms with van der Waals surface area (Å²) in [5, 5.41) is 0. The number of nitrogens with zero attached hydrogens (tertiary/aromatic N) is 2. The molecule has 112 valence electrons. The third-order valence-corrected chi connectivity index (χ3v) is 4.92. The SMILES string of the molecule is CN(C)CC1CCN(C(CN)c2ccccc2Br)CC1. The van der Waals surface area contributed by atoms with Crippen LogP contribution in [-0.2, 0) is 0 Å². The van der Waals surface area contributed by atoms with E-state index in [1.165, 1.54) is 29.4 Å². The molecule has 1 atom stereocenters. The lowest BCUT2D eigenvalue weighted by Gasteiger charge is -2.38. The number of likely N-dealkylation sites (tertiary alicyclic amines) is 1. The first-order chi connectivity index (χ1) is 9.61. The Kier molecular flexibility index (Phi) is 6.02. The quantitative estimate of drug-likeness (QED) is 0.895. The molecule has 4 heteroatoms. The minimum Gasteiger partial charge on any atom is -0.329 e. The second-order valence-electron chi connectivity index (χ2n) is 6.01. The summed E-state index contributed by atoms with van der Waals surface area (Å²) in [6.07, 6.45) is 2.55. The van der Waals surface area contributed by atoms with E-state index in [0.717, 1.165) is 19.0 Å². The van der Waals surface area contributed by atoms with Gasteiger partial charge >= 0.3 is 0 Å². The summed E-state index contributed by atoms with van der Waals surface area (Å²) in [7, 11) is 4.33. The zero-order valence-corrected chi connectivity index (χ0v) is 14.1. The maximum Gasteiger partial charge on any atom is 0.0481 e. The average Bonchev–Trinajstić information content (AvgIpc) is 2.43. The van der Waals surface area contributed by atoms with Gasteiger partial charge in [0.2, 0.25) is 0 Å². The molecular formula is C16H26BrN3. The van der Waals surface area contributed by atoms with Crippen molar-refractivity contribution in [3.05, 3.63) is 34.3 Å². The summed E-state index contributed by atoms with van der Waals surface area (Å²) in [5.74, 6) is 0.832. The van der Waals surface area contributed by atoms with Gasteiger partial charge in [-0.1, -0.05) is 34.1 Å². The Morgan fingerprint density at radius 1 is 1.30 bits per heavy atom. The molecule has 1 aromatic carbocycles. The van der Waals surface area contributed by atoms with Gasteiger partial charge in [0, 0.05) is 23.6 Å². The Balaban J connectivity index is 1.99. The van der Waals surface area contributed by atoms with Gasteiger partial charge in [-0.3, -0.25) is 4.90 Å². The minimum absolute atomic E-state index is 0.339. The molecule has 0 saturated carbocycles. The highest BCUT2D eigenvalue weighted by Crippen LogP contribution is 2.30. The summed E-state index contributed by atoms with van der Waals surface area (Å²) >= 11 is 3.66. The first kappa shape index (κ1) is 16.0. The van der Waals surface area contributed by atoms with E-state index >= 15 is 0 Å². The van der Waals surface area contributed by atoms with Gasteiger partial charge in [0.05, 0.1) is 0 Å². The Morgan fingerprint density at radius 2 is 1.95 bits per heavy atom. The number of nitrogens with two attached hydrogens (primary N) is 1. The molecule has 0 bridgehead atoms. The molecule has 1 aliphatic heterocycles. The molecule has 1 saturated heterocycles. The highest BCUT2D eigenvalue weighted by molar-refractivity contribution is 9.10. The number of halogens is 1. The van der Waals surface area contributed by atoms with Gasteiger partial charge < -0.3 is 10.6 Å². The van der Waals surface area contributed by atoms with Crippen molar-refractivity contribution in [3.63, 3.8) is 0 Å². The first-order valence-electron chi connectivity index (χ1n) is 7.45. The normalized spacial score (nSPS) is 19.4. The van der Waals surface area contributed by atoms with Gasteiger partial charge in [-0.15, -0.1) is 0 Å². The predicted octanol–water partition coefficient (Wildman–Crippen LogP) is 2.72. The van der Waals surface area contributed by atoms with Crippen molar-refractivity contribution in [2.45, 2.75) is 18.9 Å². The van der Waals surface area contributed by atoms with Crippen molar-refractivity contribution in [2.75, 3.05) is 40.3 Å². The highest BCUT2D eigenvalue weighted by Gasteiger charge is 2.26. The lowest BCUT2D eigenvalue weighted by atomic mass is 9.94. The minimum atomic E-state index is 0.339. The summed E-state index contributed by atoms with van der Waals surface area (Å²) in [5.41, 5.74) is 7.37. The number of hydrogen-bond donors (Lipinski definition) is 1. The fourth-order valence-electron chi connectivity index (χ4n) is 3.18. The largest absolute Gasteiger partial charge is 0.329 e. The van der Waals surface area contributed by atoms with Crippen LogP contribution >= 0.6 is 15.9 Å². The second kappa shape index (κ2) is 7.55. The standard InChI is InChI=1S/C16H26BrN3/c1-19(2)12-13-7-9-20(10-8-13)16(11-18)14-5-3-4-6-15(14)17/h3-6,13,16H,7-12,18H2,1-2H3. The molecule has 1 heterocycles. The molecule has 3 nitrogen and oxygen atoms in total. The van der Waals surface area contributed by atoms with Crippen LogP contribution in [0.3, 0.4) is 0 Å². The van der Waals surface area contributed by atoms with Crippen molar-refractivity contribution in [2.24, 2.45) is 11.7 Å². The van der Waals surface area contributed by atoms with Crippen LogP contribution in [0.1, 0.15) is 24.4 Å². The topological polar surface area (TPSA) is 32.5 Å². The van der Waals surface area contributed by atoms with Gasteiger partial charge in [0.1, 0.15) is 0 Å². The predicted molar refractivity (Wildman–Crippen MR) is 88.8 cm³/mol. The van der Waals surface area contributed by atoms with E-state index < -0.39 is 0 Å². The molecule has 0 radical (unpaired) electrons. The Hall–Kier alpha value is -0.420. The number of piperidine rings is 1. The third-order valence-electron chi connectivity index (χ3n) is 4.20. The van der Waals surface area contributed by atoms with Crippen molar-refractivity contribution in [1.29, 1.82) is 0 Å². The van der Waals surface area contributed by atoms with E-state index in [-0.39, 0.29) is 0 Å². The summed E-state index contributed by atoms with van der Waals surface area (Å²) in [6.45, 7) is 4.19. The fraction of sp³-hybridized carbons (Fsp3) is 0.625. The van der Waals surface area contributed by atoms with Crippen LogP contribution in [0, 0.1) is 5.92 Å². The Bertz CT molecular complexity index is 414. The van der Waals surface area contributed by atoms with E-state index in [9.17, 15) is 0 Å². The lowest BCUT2D eigenvalue weighted by Crippen LogP contribution is -2.41. The van der Waals surface area contributed by atoms with E-state index in [4.69, 9.17) is 5.73 Å². The maximum atomic E-state index is 6.05. The fourth-order valence-corrected chi connectivity index (χ4v) is 3.73. The van der Waals surface area contributed by atoms with Crippen LogP contribution in [0.5, 0.6) is 0 Å². The zero-order chi connectivity index (χ0) is 14.5. The number of hydrogen-bond acceptors (Lipinski definition) is 3. The number of benzene rings is 1. The van der Waals surface area contributed by atoms with Crippen molar-refractivity contribution in [3.8, 4) is 0 Å². The van der Waals surface area contributed by atoms with Crippen LogP contribution in [-0.4, -0.2) is 50.1 Å². The molecule has 1 fully saturated rings. The summed E-state index contributed by atoms with van der Waals surface area (Å²) < 4.78 is 1.17. The van der Waals surface area contributed by atoms with Gasteiger partial charge in [-0.05, 0) is 57.6 Å². The Morgan fingerprint density at radius 3 is 2.50 bits per heavy atom. The smallest absolute Gasteiger partial charge is 0.0481 e. The van der Waals surface area contributed by atoms with Crippen molar-refractivity contribution >= 4 is 15.9 Å². The van der Waals surface area contributed by atoms with Crippen LogP contribution in [0.15, 0.2) is 28.7 Å². The van der Waals surface area contributed by atoms with Crippen LogP contribution in [0.4, 0.5) is 0 Å². The van der Waals surface area contributed by atoms with E-state index in [0.29, 0.717) is 12.6 Å². The molecule has 1 aromatic rings. The molecule has 2 N–H and O–H groups in total. The highest BCUT2D eigenvalue weighted by atomic mass is 79.9. The molecule has 0 aromatic heterocycles. The molecule has 1 aliphatic rings. The molecule has 0 aliphatic carbocycles. The Labute approximate surface area is 131 Å². The third kappa shape index (κ3) is 4.04. The van der Waals surface area contributed by atoms with E-state index in [2.05, 4.69) is 64.1 Å². The maximum absolute atomic E-state index is 6.05. The van der Waals surface area contributed by atoms with E-state index in [1.54, 1.807) is 0 Å². The summed E-state index contributed by atoms with van der Waals surface area (Å²) in [4.78, 5) is 4.85. The van der Waals surface area contributed by atoms with Crippen LogP contribution in [0.25, 0.3) is 0 Å². The molecule has 0 amide bonds. The molecule has 20 heavy (non-hydrogen) atoms. The lowest BCUT2D eigenvalue weighted by molar-refractivity contribution is 0.122. The molecule has 1 unspecified atom stereocenters. The van der Waals surface area contributed by atoms with Crippen molar-refractivity contribution < 1.29 is 0 Å².